The molecule has 0 unspecified atom stereocenters. The number of hydrogen-bond acceptors (Lipinski definition) is 7. The summed E-state index contributed by atoms with van der Waals surface area (Å²) >= 11 is 0. The number of amides is 2. The van der Waals surface area contributed by atoms with Crippen molar-refractivity contribution in [2.75, 3.05) is 4.90 Å². The van der Waals surface area contributed by atoms with Crippen LogP contribution in [0.25, 0.3) is 0 Å². The smallest absolute Gasteiger partial charge is 0.338 e. The van der Waals surface area contributed by atoms with E-state index in [4.69, 9.17) is 9.47 Å². The van der Waals surface area contributed by atoms with Crippen molar-refractivity contribution in [3.63, 3.8) is 0 Å². The Morgan fingerprint density at radius 2 is 1.54 bits per heavy atom. The minimum atomic E-state index is -0.648. The number of ether oxygens (including phenoxy) is 2. The highest BCUT2D eigenvalue weighted by atomic mass is 16.6. The van der Waals surface area contributed by atoms with E-state index in [1.807, 2.05) is 19.1 Å². The van der Waals surface area contributed by atoms with Gasteiger partial charge in [0.1, 0.15) is 18.1 Å². The summed E-state index contributed by atoms with van der Waals surface area (Å²) in [4.78, 5) is 50.2. The fourth-order valence-corrected chi connectivity index (χ4v) is 4.19. The predicted molar refractivity (Wildman–Crippen MR) is 142 cm³/mol. The largest absolute Gasteiger partial charge is 0.457 e. The first kappa shape index (κ1) is 25.3. The van der Waals surface area contributed by atoms with Crippen LogP contribution in [0, 0.1) is 10.1 Å². The molecule has 194 valence electrons. The van der Waals surface area contributed by atoms with Crippen molar-refractivity contribution in [3.8, 4) is 11.5 Å². The number of carbonyl (C=O) groups excluding carboxylic acids is 3. The number of non-ortho nitro benzene ring substituents is 1. The number of imide groups is 1. The summed E-state index contributed by atoms with van der Waals surface area (Å²) in [6.07, 6.45) is 0.838. The van der Waals surface area contributed by atoms with E-state index in [2.05, 4.69) is 0 Å². The molecule has 5 rings (SSSR count). The van der Waals surface area contributed by atoms with Crippen molar-refractivity contribution in [2.45, 2.75) is 20.0 Å². The minimum absolute atomic E-state index is 0.0426. The number of hydrogen-bond donors (Lipinski definition) is 0. The lowest BCUT2D eigenvalue weighted by molar-refractivity contribution is -0.384. The highest BCUT2D eigenvalue weighted by molar-refractivity contribution is 6.34. The van der Waals surface area contributed by atoms with Crippen molar-refractivity contribution in [1.29, 1.82) is 0 Å². The van der Waals surface area contributed by atoms with Crippen molar-refractivity contribution < 1.29 is 28.8 Å². The average Bonchev–Trinajstić information content (AvgIpc) is 3.21. The van der Waals surface area contributed by atoms with Gasteiger partial charge in [-0.1, -0.05) is 31.2 Å². The van der Waals surface area contributed by atoms with Crippen LogP contribution in [0.4, 0.5) is 11.4 Å². The van der Waals surface area contributed by atoms with Gasteiger partial charge in [0, 0.05) is 12.1 Å². The summed E-state index contributed by atoms with van der Waals surface area (Å²) in [7, 11) is 0. The second-order valence-electron chi connectivity index (χ2n) is 8.80. The quantitative estimate of drug-likeness (QED) is 0.119. The van der Waals surface area contributed by atoms with E-state index in [0.29, 0.717) is 22.7 Å². The van der Waals surface area contributed by atoms with Crippen molar-refractivity contribution in [1.82, 2.24) is 0 Å². The standard InChI is InChI=1S/C30H22N2O7/c1-2-19-6-9-22(10-7-19)31-28(33)26-15-8-21(17-27(26)29(31)34)30(35)38-18-20-4-3-5-25(16-20)39-24-13-11-23(12-14-24)32(36)37/h3-17H,2,18H2,1H3. The molecule has 4 aromatic rings. The number of nitrogens with zero attached hydrogens (tertiary/aromatic N) is 2. The molecule has 4 aromatic carbocycles. The van der Waals surface area contributed by atoms with Gasteiger partial charge < -0.3 is 9.47 Å². The fraction of sp³-hybridized carbons (Fsp3) is 0.100. The molecule has 1 aliphatic heterocycles. The number of fused-ring (bicyclic) bond motifs is 1. The van der Waals surface area contributed by atoms with E-state index in [1.165, 1.54) is 42.5 Å². The molecule has 1 aliphatic rings. The van der Waals surface area contributed by atoms with E-state index in [-0.39, 0.29) is 29.0 Å². The molecule has 1 heterocycles. The van der Waals surface area contributed by atoms with Gasteiger partial charge in [-0.3, -0.25) is 19.7 Å². The first-order valence-electron chi connectivity index (χ1n) is 12.1. The maximum absolute atomic E-state index is 13.1. The molecule has 0 aliphatic carbocycles. The van der Waals surface area contributed by atoms with Crippen molar-refractivity contribution >= 4 is 29.2 Å². The van der Waals surface area contributed by atoms with Crippen LogP contribution >= 0.6 is 0 Å². The van der Waals surface area contributed by atoms with E-state index in [1.54, 1.807) is 36.4 Å². The van der Waals surface area contributed by atoms with Gasteiger partial charge in [0.2, 0.25) is 0 Å². The average molecular weight is 523 g/mol. The molecular weight excluding hydrogens is 500 g/mol. The van der Waals surface area contributed by atoms with Gasteiger partial charge >= 0.3 is 5.97 Å². The van der Waals surface area contributed by atoms with Gasteiger partial charge in [-0.05, 0) is 72.1 Å². The third kappa shape index (κ3) is 5.24. The van der Waals surface area contributed by atoms with Crippen LogP contribution in [-0.2, 0) is 17.8 Å². The topological polar surface area (TPSA) is 116 Å². The lowest BCUT2D eigenvalue weighted by Crippen LogP contribution is -2.29. The zero-order valence-electron chi connectivity index (χ0n) is 20.8. The zero-order chi connectivity index (χ0) is 27.5. The molecule has 9 nitrogen and oxygen atoms in total. The van der Waals surface area contributed by atoms with Crippen LogP contribution in [0.15, 0.2) is 91.0 Å². The van der Waals surface area contributed by atoms with Gasteiger partial charge in [-0.15, -0.1) is 0 Å². The molecule has 39 heavy (non-hydrogen) atoms. The Hall–Kier alpha value is -5.31. The maximum Gasteiger partial charge on any atom is 0.338 e. The van der Waals surface area contributed by atoms with Gasteiger partial charge in [0.05, 0.1) is 27.3 Å². The number of nitro benzene ring substituents is 1. The Balaban J connectivity index is 1.25. The Morgan fingerprint density at radius 3 is 2.23 bits per heavy atom. The molecule has 0 bridgehead atoms. The van der Waals surface area contributed by atoms with E-state index in [9.17, 15) is 24.5 Å². The van der Waals surface area contributed by atoms with Gasteiger partial charge in [-0.2, -0.15) is 0 Å². The summed E-state index contributed by atoms with van der Waals surface area (Å²) in [6.45, 7) is 1.96. The summed E-state index contributed by atoms with van der Waals surface area (Å²) in [5.74, 6) is -0.701. The van der Waals surface area contributed by atoms with Gasteiger partial charge in [0.15, 0.2) is 0 Å². The Morgan fingerprint density at radius 1 is 0.821 bits per heavy atom. The SMILES string of the molecule is CCc1ccc(N2C(=O)c3ccc(C(=O)OCc4cccc(Oc5ccc([N+](=O)[O-])cc5)c4)cc3C2=O)cc1. The molecular formula is C30H22N2O7. The van der Waals surface area contributed by atoms with Gasteiger partial charge in [-0.25, -0.2) is 9.69 Å². The van der Waals surface area contributed by atoms with Crippen LogP contribution in [0.3, 0.4) is 0 Å². The third-order valence-corrected chi connectivity index (χ3v) is 6.28. The fourth-order valence-electron chi connectivity index (χ4n) is 4.19. The second-order valence-corrected chi connectivity index (χ2v) is 8.80. The number of rotatable bonds is 8. The Bertz CT molecular complexity index is 1590. The number of nitro groups is 1. The highest BCUT2D eigenvalue weighted by Gasteiger charge is 2.37. The van der Waals surface area contributed by atoms with Crippen LogP contribution in [0.1, 0.15) is 49.1 Å². The first-order valence-corrected chi connectivity index (χ1v) is 12.1. The van der Waals surface area contributed by atoms with Crippen LogP contribution < -0.4 is 9.64 Å². The number of esters is 1. The Kier molecular flexibility index (Phi) is 6.88. The minimum Gasteiger partial charge on any atom is -0.457 e. The van der Waals surface area contributed by atoms with Crippen molar-refractivity contribution in [2.24, 2.45) is 0 Å². The Labute approximate surface area is 223 Å². The zero-order valence-corrected chi connectivity index (χ0v) is 20.8. The lowest BCUT2D eigenvalue weighted by Gasteiger charge is -2.14. The molecule has 0 saturated carbocycles. The van der Waals surface area contributed by atoms with E-state index >= 15 is 0 Å². The van der Waals surface area contributed by atoms with E-state index in [0.717, 1.165) is 16.9 Å². The monoisotopic (exact) mass is 522 g/mol. The number of benzene rings is 4. The second kappa shape index (κ2) is 10.6. The number of anilines is 1. The van der Waals surface area contributed by atoms with Gasteiger partial charge in [0.25, 0.3) is 17.5 Å². The molecule has 0 spiro atoms. The first-order chi connectivity index (χ1) is 18.8. The summed E-state index contributed by atoms with van der Waals surface area (Å²) in [5.41, 5.74) is 2.69. The summed E-state index contributed by atoms with van der Waals surface area (Å²) in [6, 6.07) is 24.0. The maximum atomic E-state index is 13.1. The summed E-state index contributed by atoms with van der Waals surface area (Å²) < 4.78 is 11.2. The highest BCUT2D eigenvalue weighted by Crippen LogP contribution is 2.30. The molecule has 0 atom stereocenters. The van der Waals surface area contributed by atoms with Crippen molar-refractivity contribution in [3.05, 3.63) is 129 Å². The molecule has 0 N–H and O–H groups in total. The molecule has 0 fully saturated rings. The number of carbonyl (C=O) groups is 3. The van der Waals surface area contributed by atoms with Crippen LogP contribution in [-0.4, -0.2) is 22.7 Å². The third-order valence-electron chi connectivity index (χ3n) is 6.28. The van der Waals surface area contributed by atoms with Crippen LogP contribution in [0.5, 0.6) is 11.5 Å². The van der Waals surface area contributed by atoms with Crippen LogP contribution in [0.2, 0.25) is 0 Å². The molecule has 2 amide bonds. The molecule has 9 heteroatoms. The normalized spacial score (nSPS) is 12.3. The lowest BCUT2D eigenvalue weighted by atomic mass is 10.1. The number of aryl methyl sites for hydroxylation is 1. The van der Waals surface area contributed by atoms with E-state index < -0.39 is 22.7 Å². The summed E-state index contributed by atoms with van der Waals surface area (Å²) in [5, 5.41) is 10.8. The molecule has 0 radical (unpaired) electrons. The predicted octanol–water partition coefficient (Wildman–Crippen LogP) is 6.11. The molecule has 0 aromatic heterocycles. The molecule has 0 saturated heterocycles.